The topological polar surface area (TPSA) is 50.4 Å². The van der Waals surface area contributed by atoms with E-state index in [-0.39, 0.29) is 24.4 Å². The largest absolute Gasteiger partial charge is 0.377 e. The van der Waals surface area contributed by atoms with E-state index in [0.717, 1.165) is 31.6 Å². The first-order chi connectivity index (χ1) is 9.24. The second-order valence-corrected chi connectivity index (χ2v) is 5.11. The fourth-order valence-corrected chi connectivity index (χ4v) is 2.27. The van der Waals surface area contributed by atoms with Gasteiger partial charge in [0.25, 0.3) is 0 Å². The average molecular weight is 319 g/mol. The number of hydrogen-bond acceptors (Lipinski definition) is 3. The van der Waals surface area contributed by atoms with Crippen molar-refractivity contribution in [1.82, 2.24) is 10.6 Å². The van der Waals surface area contributed by atoms with Gasteiger partial charge in [-0.25, -0.2) is 0 Å². The summed E-state index contributed by atoms with van der Waals surface area (Å²) < 4.78 is 5.47. The zero-order chi connectivity index (χ0) is 13.5. The number of ether oxygens (including phenoxy) is 1. The number of carbonyl (C=O) groups excluding carboxylic acids is 1. The Bertz CT molecular complexity index is 423. The molecule has 1 unspecified atom stereocenters. The number of rotatable bonds is 6. The molecule has 1 atom stereocenters. The first-order valence-electron chi connectivity index (χ1n) is 6.57. The molecule has 1 heterocycles. The highest BCUT2D eigenvalue weighted by molar-refractivity contribution is 6.30. The highest BCUT2D eigenvalue weighted by Gasteiger charge is 2.14. The zero-order valence-electron chi connectivity index (χ0n) is 11.2. The molecule has 20 heavy (non-hydrogen) atoms. The van der Waals surface area contributed by atoms with Gasteiger partial charge in [-0.05, 0) is 30.5 Å². The first-order valence-corrected chi connectivity index (χ1v) is 6.95. The number of benzene rings is 1. The molecule has 0 aliphatic carbocycles. The van der Waals surface area contributed by atoms with Gasteiger partial charge in [0.15, 0.2) is 0 Å². The Labute approximate surface area is 130 Å². The minimum atomic E-state index is -0.0158. The Morgan fingerprint density at radius 3 is 3.00 bits per heavy atom. The Balaban J connectivity index is 0.00000200. The molecule has 0 spiro atoms. The fraction of sp³-hybridized carbons (Fsp3) is 0.500. The molecule has 2 rings (SSSR count). The van der Waals surface area contributed by atoms with Crippen molar-refractivity contribution in [2.45, 2.75) is 25.5 Å². The quantitative estimate of drug-likeness (QED) is 0.845. The summed E-state index contributed by atoms with van der Waals surface area (Å²) in [6, 6.07) is 7.48. The smallest absolute Gasteiger partial charge is 0.234 e. The van der Waals surface area contributed by atoms with Gasteiger partial charge in [-0.3, -0.25) is 4.79 Å². The van der Waals surface area contributed by atoms with Crippen LogP contribution in [0.4, 0.5) is 0 Å². The van der Waals surface area contributed by atoms with Crippen molar-refractivity contribution in [3.05, 3.63) is 34.9 Å². The van der Waals surface area contributed by atoms with Crippen molar-refractivity contribution in [2.75, 3.05) is 19.7 Å². The van der Waals surface area contributed by atoms with Crippen molar-refractivity contribution >= 4 is 29.9 Å². The number of hydrogen-bond donors (Lipinski definition) is 2. The summed E-state index contributed by atoms with van der Waals surface area (Å²) in [5.74, 6) is -0.0158. The molecule has 1 saturated heterocycles. The molecule has 1 fully saturated rings. The number of carbonyl (C=O) groups is 1. The highest BCUT2D eigenvalue weighted by Crippen LogP contribution is 2.11. The van der Waals surface area contributed by atoms with E-state index in [0.29, 0.717) is 18.1 Å². The molecule has 112 valence electrons. The summed E-state index contributed by atoms with van der Waals surface area (Å²) in [6.07, 6.45) is 2.46. The maximum atomic E-state index is 11.6. The van der Waals surface area contributed by atoms with Crippen LogP contribution in [0.1, 0.15) is 18.4 Å². The summed E-state index contributed by atoms with van der Waals surface area (Å²) in [6.45, 7) is 2.40. The van der Waals surface area contributed by atoms with E-state index in [2.05, 4.69) is 10.6 Å². The first kappa shape index (κ1) is 17.2. The van der Waals surface area contributed by atoms with Crippen molar-refractivity contribution in [3.63, 3.8) is 0 Å². The molecular weight excluding hydrogens is 299 g/mol. The standard InChI is InChI=1S/C14H19ClN2O2.ClH/c15-12-4-1-3-11(7-12)8-17-14(18)10-16-9-13-5-2-6-19-13;/h1,3-4,7,13,16H,2,5-6,8-10H2,(H,17,18);1H. The lowest BCUT2D eigenvalue weighted by molar-refractivity contribution is -0.120. The molecule has 1 aromatic rings. The van der Waals surface area contributed by atoms with Gasteiger partial charge in [0, 0.05) is 24.7 Å². The average Bonchev–Trinajstić information content (AvgIpc) is 2.90. The Morgan fingerprint density at radius 1 is 1.45 bits per heavy atom. The predicted octanol–water partition coefficient (Wildman–Crippen LogP) is 2.15. The van der Waals surface area contributed by atoms with Gasteiger partial charge in [0.2, 0.25) is 5.91 Å². The minimum Gasteiger partial charge on any atom is -0.377 e. The van der Waals surface area contributed by atoms with E-state index >= 15 is 0 Å². The van der Waals surface area contributed by atoms with Crippen molar-refractivity contribution in [3.8, 4) is 0 Å². The van der Waals surface area contributed by atoms with Gasteiger partial charge in [0.05, 0.1) is 12.6 Å². The fourth-order valence-electron chi connectivity index (χ4n) is 2.06. The number of halogens is 2. The van der Waals surface area contributed by atoms with Crippen LogP contribution >= 0.6 is 24.0 Å². The molecular formula is C14H20Cl2N2O2. The van der Waals surface area contributed by atoms with Crippen LogP contribution in [0, 0.1) is 0 Å². The molecule has 0 bridgehead atoms. The maximum absolute atomic E-state index is 11.6. The van der Waals surface area contributed by atoms with Crippen LogP contribution in [-0.4, -0.2) is 31.7 Å². The van der Waals surface area contributed by atoms with Gasteiger partial charge in [-0.15, -0.1) is 12.4 Å². The molecule has 1 amide bonds. The molecule has 2 N–H and O–H groups in total. The predicted molar refractivity (Wildman–Crippen MR) is 82.4 cm³/mol. The molecule has 4 nitrogen and oxygen atoms in total. The number of nitrogens with one attached hydrogen (secondary N) is 2. The van der Waals surface area contributed by atoms with Crippen molar-refractivity contribution < 1.29 is 9.53 Å². The van der Waals surface area contributed by atoms with Crippen LogP contribution in [0.2, 0.25) is 5.02 Å². The lowest BCUT2D eigenvalue weighted by Gasteiger charge is -2.11. The van der Waals surface area contributed by atoms with Crippen LogP contribution < -0.4 is 10.6 Å². The second kappa shape index (κ2) is 9.19. The third-order valence-corrected chi connectivity index (χ3v) is 3.30. The SMILES string of the molecule is Cl.O=C(CNCC1CCCO1)NCc1cccc(Cl)c1. The summed E-state index contributed by atoms with van der Waals surface area (Å²) in [7, 11) is 0. The van der Waals surface area contributed by atoms with E-state index in [1.807, 2.05) is 24.3 Å². The van der Waals surface area contributed by atoms with Crippen molar-refractivity contribution in [2.24, 2.45) is 0 Å². The Morgan fingerprint density at radius 2 is 2.30 bits per heavy atom. The van der Waals surface area contributed by atoms with Crippen LogP contribution in [-0.2, 0) is 16.1 Å². The zero-order valence-corrected chi connectivity index (χ0v) is 12.8. The van der Waals surface area contributed by atoms with Crippen LogP contribution in [0.5, 0.6) is 0 Å². The third kappa shape index (κ3) is 6.09. The van der Waals surface area contributed by atoms with E-state index < -0.39 is 0 Å². The Kier molecular flexibility index (Phi) is 7.92. The van der Waals surface area contributed by atoms with E-state index in [9.17, 15) is 4.79 Å². The molecule has 0 saturated carbocycles. The van der Waals surface area contributed by atoms with Crippen LogP contribution in [0.15, 0.2) is 24.3 Å². The van der Waals surface area contributed by atoms with E-state index in [1.54, 1.807) is 0 Å². The van der Waals surface area contributed by atoms with E-state index in [1.165, 1.54) is 0 Å². The Hall–Kier alpha value is -0.810. The van der Waals surface area contributed by atoms with Gasteiger partial charge in [-0.2, -0.15) is 0 Å². The molecule has 1 aliphatic heterocycles. The van der Waals surface area contributed by atoms with Crippen LogP contribution in [0.25, 0.3) is 0 Å². The summed E-state index contributed by atoms with van der Waals surface area (Å²) in [4.78, 5) is 11.6. The lowest BCUT2D eigenvalue weighted by Crippen LogP contribution is -2.36. The number of amides is 1. The minimum absolute atomic E-state index is 0. The third-order valence-electron chi connectivity index (χ3n) is 3.06. The molecule has 1 aliphatic rings. The molecule has 0 aromatic heterocycles. The molecule has 1 aromatic carbocycles. The van der Waals surface area contributed by atoms with Gasteiger partial charge < -0.3 is 15.4 Å². The molecule has 6 heteroatoms. The van der Waals surface area contributed by atoms with Gasteiger partial charge in [0.1, 0.15) is 0 Å². The highest BCUT2D eigenvalue weighted by atomic mass is 35.5. The van der Waals surface area contributed by atoms with E-state index in [4.69, 9.17) is 16.3 Å². The lowest BCUT2D eigenvalue weighted by atomic mass is 10.2. The van der Waals surface area contributed by atoms with Gasteiger partial charge in [-0.1, -0.05) is 23.7 Å². The normalized spacial score (nSPS) is 17.6. The van der Waals surface area contributed by atoms with Crippen LogP contribution in [0.3, 0.4) is 0 Å². The summed E-state index contributed by atoms with van der Waals surface area (Å²) in [5, 5.41) is 6.65. The maximum Gasteiger partial charge on any atom is 0.234 e. The monoisotopic (exact) mass is 318 g/mol. The van der Waals surface area contributed by atoms with Crippen molar-refractivity contribution in [1.29, 1.82) is 0 Å². The summed E-state index contributed by atoms with van der Waals surface area (Å²) in [5.41, 5.74) is 1.000. The summed E-state index contributed by atoms with van der Waals surface area (Å²) >= 11 is 5.88. The molecule has 0 radical (unpaired) electrons. The second-order valence-electron chi connectivity index (χ2n) is 4.67. The van der Waals surface area contributed by atoms with Gasteiger partial charge >= 0.3 is 0 Å².